The van der Waals surface area contributed by atoms with Gasteiger partial charge in [0.05, 0.1) is 6.20 Å². The third-order valence-electron chi connectivity index (χ3n) is 4.82. The first-order valence-electron chi connectivity index (χ1n) is 9.48. The van der Waals surface area contributed by atoms with Crippen LogP contribution in [0.2, 0.25) is 0 Å². The Labute approximate surface area is 173 Å². The monoisotopic (exact) mass is 402 g/mol. The van der Waals surface area contributed by atoms with Gasteiger partial charge in [-0.05, 0) is 41.5 Å². The summed E-state index contributed by atoms with van der Waals surface area (Å²) in [4.78, 5) is 27.3. The maximum Gasteiger partial charge on any atom is 0.253 e. The van der Waals surface area contributed by atoms with Crippen molar-refractivity contribution in [3.8, 4) is 11.1 Å². The van der Waals surface area contributed by atoms with Gasteiger partial charge in [-0.25, -0.2) is 0 Å². The van der Waals surface area contributed by atoms with Gasteiger partial charge in [0, 0.05) is 43.8 Å². The number of hydrogen-bond acceptors (Lipinski definition) is 4. The van der Waals surface area contributed by atoms with Crippen molar-refractivity contribution >= 4 is 28.5 Å². The van der Waals surface area contributed by atoms with E-state index in [0.29, 0.717) is 11.4 Å². The molecular weight excluding hydrogens is 380 g/mol. The molecule has 0 atom stereocenters. The Morgan fingerprint density at radius 1 is 1.03 bits per heavy atom. The minimum absolute atomic E-state index is 0.0196. The third kappa shape index (κ3) is 3.93. The number of fused-ring (bicyclic) bond motifs is 1. The van der Waals surface area contributed by atoms with Crippen molar-refractivity contribution in [3.05, 3.63) is 66.5 Å². The summed E-state index contributed by atoms with van der Waals surface area (Å²) >= 11 is 0. The van der Waals surface area contributed by atoms with Crippen LogP contribution in [0.3, 0.4) is 0 Å². The van der Waals surface area contributed by atoms with E-state index in [1.165, 1.54) is 11.0 Å². The molecule has 0 spiro atoms. The largest absolute Gasteiger partial charge is 0.345 e. The highest BCUT2D eigenvalue weighted by Gasteiger charge is 2.11. The van der Waals surface area contributed by atoms with E-state index in [4.69, 9.17) is 0 Å². The van der Waals surface area contributed by atoms with Crippen LogP contribution < -0.4 is 5.32 Å². The average molecular weight is 402 g/mol. The van der Waals surface area contributed by atoms with Gasteiger partial charge in [-0.1, -0.05) is 18.2 Å². The summed E-state index contributed by atoms with van der Waals surface area (Å²) in [5.41, 5.74) is 3.70. The van der Waals surface area contributed by atoms with Crippen molar-refractivity contribution in [2.75, 3.05) is 19.4 Å². The van der Waals surface area contributed by atoms with Gasteiger partial charge in [0.15, 0.2) is 5.82 Å². The molecule has 1 N–H and O–H groups in total. The molecule has 2 aromatic carbocycles. The molecule has 8 heteroatoms. The SMILES string of the molecule is CN(C)C(=O)c1ccc(-c2ccc3c(ccn3CC(=O)Nc3cnn(C)n3)c2)cc1. The number of carbonyl (C=O) groups excluding carboxylic acids is 2. The van der Waals surface area contributed by atoms with E-state index in [1.54, 1.807) is 26.0 Å². The van der Waals surface area contributed by atoms with Crippen molar-refractivity contribution in [3.63, 3.8) is 0 Å². The molecule has 30 heavy (non-hydrogen) atoms. The topological polar surface area (TPSA) is 85.0 Å². The van der Waals surface area contributed by atoms with Gasteiger partial charge in [0.25, 0.3) is 5.91 Å². The van der Waals surface area contributed by atoms with Crippen LogP contribution in [-0.4, -0.2) is 50.4 Å². The molecule has 4 rings (SSSR count). The maximum absolute atomic E-state index is 12.3. The van der Waals surface area contributed by atoms with E-state index in [2.05, 4.69) is 21.6 Å². The molecule has 0 aliphatic rings. The lowest BCUT2D eigenvalue weighted by Crippen LogP contribution is -2.21. The van der Waals surface area contributed by atoms with E-state index in [9.17, 15) is 9.59 Å². The van der Waals surface area contributed by atoms with Crippen LogP contribution in [0.4, 0.5) is 5.82 Å². The lowest BCUT2D eigenvalue weighted by Gasteiger charge is -2.11. The zero-order chi connectivity index (χ0) is 21.3. The Kier molecular flexibility index (Phi) is 5.05. The molecule has 2 aromatic heterocycles. The number of hydrogen-bond donors (Lipinski definition) is 1. The van der Waals surface area contributed by atoms with Crippen molar-refractivity contribution in [1.29, 1.82) is 0 Å². The Morgan fingerprint density at radius 3 is 2.43 bits per heavy atom. The summed E-state index contributed by atoms with van der Waals surface area (Å²) < 4.78 is 1.89. The molecule has 0 unspecified atom stereocenters. The molecular formula is C22H22N6O2. The summed E-state index contributed by atoms with van der Waals surface area (Å²) in [7, 11) is 5.17. The van der Waals surface area contributed by atoms with Gasteiger partial charge in [-0.2, -0.15) is 9.90 Å². The molecule has 0 saturated carbocycles. The van der Waals surface area contributed by atoms with Crippen LogP contribution in [-0.2, 0) is 18.4 Å². The number of nitrogens with zero attached hydrogens (tertiary/aromatic N) is 5. The smallest absolute Gasteiger partial charge is 0.253 e. The fourth-order valence-electron chi connectivity index (χ4n) is 3.32. The second-order valence-corrected chi connectivity index (χ2v) is 7.26. The molecule has 2 heterocycles. The van der Waals surface area contributed by atoms with Crippen molar-refractivity contribution < 1.29 is 9.59 Å². The first-order valence-corrected chi connectivity index (χ1v) is 9.48. The molecule has 0 aliphatic carbocycles. The number of anilines is 1. The molecule has 4 aromatic rings. The maximum atomic E-state index is 12.3. The lowest BCUT2D eigenvalue weighted by atomic mass is 10.0. The van der Waals surface area contributed by atoms with Gasteiger partial charge in [-0.15, -0.1) is 5.10 Å². The first-order chi connectivity index (χ1) is 14.4. The average Bonchev–Trinajstić information content (AvgIpc) is 3.32. The summed E-state index contributed by atoms with van der Waals surface area (Å²) in [5.74, 6) is 0.240. The van der Waals surface area contributed by atoms with Crippen LogP contribution in [0.5, 0.6) is 0 Å². The second-order valence-electron chi connectivity index (χ2n) is 7.26. The fourth-order valence-corrected chi connectivity index (χ4v) is 3.32. The van der Waals surface area contributed by atoms with E-state index in [1.807, 2.05) is 53.2 Å². The van der Waals surface area contributed by atoms with Gasteiger partial charge >= 0.3 is 0 Å². The van der Waals surface area contributed by atoms with E-state index in [-0.39, 0.29) is 18.4 Å². The molecule has 0 fully saturated rings. The van der Waals surface area contributed by atoms with Crippen LogP contribution in [0.15, 0.2) is 60.9 Å². The number of aryl methyl sites for hydroxylation is 1. The van der Waals surface area contributed by atoms with E-state index < -0.39 is 0 Å². The quantitative estimate of drug-likeness (QED) is 0.556. The fraction of sp³-hybridized carbons (Fsp3) is 0.182. The van der Waals surface area contributed by atoms with Gasteiger partial charge in [0.2, 0.25) is 5.91 Å². The van der Waals surface area contributed by atoms with Crippen molar-refractivity contribution in [2.24, 2.45) is 7.05 Å². The van der Waals surface area contributed by atoms with Crippen LogP contribution in [0, 0.1) is 0 Å². The number of carbonyl (C=O) groups is 2. The lowest BCUT2D eigenvalue weighted by molar-refractivity contribution is -0.116. The Bertz CT molecular complexity index is 1220. The molecule has 0 bridgehead atoms. The highest BCUT2D eigenvalue weighted by atomic mass is 16.2. The summed E-state index contributed by atoms with van der Waals surface area (Å²) in [6.45, 7) is 0.181. The minimum Gasteiger partial charge on any atom is -0.345 e. The van der Waals surface area contributed by atoms with Crippen molar-refractivity contribution in [1.82, 2.24) is 24.5 Å². The minimum atomic E-state index is -0.168. The highest BCUT2D eigenvalue weighted by molar-refractivity contribution is 5.95. The van der Waals surface area contributed by atoms with Gasteiger partial charge in [0.1, 0.15) is 6.54 Å². The van der Waals surface area contributed by atoms with E-state index >= 15 is 0 Å². The van der Waals surface area contributed by atoms with Crippen molar-refractivity contribution in [2.45, 2.75) is 6.54 Å². The zero-order valence-electron chi connectivity index (χ0n) is 17.0. The molecule has 0 aliphatic heterocycles. The third-order valence-corrected chi connectivity index (χ3v) is 4.82. The van der Waals surface area contributed by atoms with Crippen LogP contribution in [0.25, 0.3) is 22.0 Å². The van der Waals surface area contributed by atoms with E-state index in [0.717, 1.165) is 22.0 Å². The highest BCUT2D eigenvalue weighted by Crippen LogP contribution is 2.26. The molecule has 152 valence electrons. The predicted octanol–water partition coefficient (Wildman–Crippen LogP) is 2.78. The number of rotatable bonds is 5. The first kappa shape index (κ1) is 19.4. The Morgan fingerprint density at radius 2 is 1.77 bits per heavy atom. The standard InChI is InChI=1S/C22H22N6O2/c1-26(2)22(30)16-6-4-15(5-7-16)17-8-9-19-18(12-17)10-11-28(19)14-21(29)24-20-13-23-27(3)25-20/h4-13H,14H2,1-3H3,(H,24,25,29). The van der Waals surface area contributed by atoms with Crippen LogP contribution in [0.1, 0.15) is 10.4 Å². The molecule has 8 nitrogen and oxygen atoms in total. The number of nitrogens with one attached hydrogen (secondary N) is 1. The Balaban J connectivity index is 1.52. The normalized spacial score (nSPS) is 10.9. The number of amides is 2. The zero-order valence-corrected chi connectivity index (χ0v) is 17.0. The van der Waals surface area contributed by atoms with Crippen LogP contribution >= 0.6 is 0 Å². The Hall–Kier alpha value is -3.94. The molecule has 0 saturated heterocycles. The molecule has 0 radical (unpaired) electrons. The predicted molar refractivity (Wildman–Crippen MR) is 115 cm³/mol. The number of benzene rings is 2. The van der Waals surface area contributed by atoms with Gasteiger partial charge in [-0.3, -0.25) is 9.59 Å². The molecule has 2 amide bonds. The summed E-state index contributed by atoms with van der Waals surface area (Å²) in [6.07, 6.45) is 3.40. The second kappa shape index (κ2) is 7.82. The van der Waals surface area contributed by atoms with Gasteiger partial charge < -0.3 is 14.8 Å². The number of aromatic nitrogens is 4. The summed E-state index contributed by atoms with van der Waals surface area (Å²) in [5, 5.41) is 11.8. The summed E-state index contributed by atoms with van der Waals surface area (Å²) in [6, 6.07) is 15.6.